The van der Waals surface area contributed by atoms with Gasteiger partial charge in [-0.3, -0.25) is 33.9 Å². The Bertz CT molecular complexity index is 5920. The molecular formula is C99H97N11O10S. The van der Waals surface area contributed by atoms with Crippen LogP contribution in [0.25, 0.3) is 11.0 Å². The maximum Gasteiger partial charge on any atom is 0.321 e. The first kappa shape index (κ1) is 84.0. The molecule has 22 heteroatoms. The smallest absolute Gasteiger partial charge is 0.321 e. The van der Waals surface area contributed by atoms with E-state index in [4.69, 9.17) is 24.2 Å². The number of aliphatic imine (C=N–C) groups is 2. The van der Waals surface area contributed by atoms with Crippen molar-refractivity contribution in [2.75, 3.05) is 66.1 Å². The third kappa shape index (κ3) is 19.3. The number of aliphatic hydroxyl groups excluding tert-OH is 1. The standard InChI is InChI=1S/C29H30N4O3S.C25H25N5O2.C25H22N2O2.C20H20O3/c1-35-24-14-13-23(19-25(24)36-2)30-28(34)33-17-15-29(16-18-33)31-26(22-11-7-4-8-12-22)27(32-29)37-20-21-9-5-3-6-10-21;1-16-12-17(2)30-24-7-5-4-6-23(24)29(25(30)22(16)13-26)15-21(32)14-27-19-8-10-20(11-9-19)28-18(3)31;1-16-7-10-20(11-8-16)23(28)22-15-27(14-19-6-4-5-17(2)13-19)25-21(24(22)29)12-9-18(3)26-25;1-12-8-10-13(11-9-12)18-19-14(21)4-2-6-16(19)23-17-7-3-5-15(22)20(17)18/h3-14,19H,15-18,20H2,1-2H3,(H,30,34);4-12,21,27,32H,2,14-15H2,1,3H3,(H,28,31);4-13,15H,14H2,1-3H3;8-11,18H,2-7H2,1H3. The first-order chi connectivity index (χ1) is 58.5. The lowest BCUT2D eigenvalue weighted by atomic mass is 9.73. The van der Waals surface area contributed by atoms with E-state index in [2.05, 4.69) is 76.0 Å². The highest BCUT2D eigenvalue weighted by molar-refractivity contribution is 8.15. The molecule has 1 unspecified atom stereocenters. The summed E-state index contributed by atoms with van der Waals surface area (Å²) in [5.41, 5.74) is 17.9. The first-order valence-electron chi connectivity index (χ1n) is 40.7. The van der Waals surface area contributed by atoms with Crippen molar-refractivity contribution < 1.29 is 43.3 Å². The number of nitrogens with one attached hydrogen (secondary N) is 3. The zero-order chi connectivity index (χ0) is 85.0. The minimum absolute atomic E-state index is 0.123. The van der Waals surface area contributed by atoms with Crippen LogP contribution in [0.2, 0.25) is 0 Å². The van der Waals surface area contributed by atoms with Gasteiger partial charge >= 0.3 is 6.03 Å². The molecule has 8 aromatic carbocycles. The number of rotatable bonds is 17. The maximum atomic E-state index is 13.1. The molecule has 3 amide bonds. The van der Waals surface area contributed by atoms with Gasteiger partial charge in [0.05, 0.1) is 60.5 Å². The molecule has 1 fully saturated rings. The predicted octanol–water partition coefficient (Wildman–Crippen LogP) is 18.5. The number of hydrogen-bond donors (Lipinski definition) is 4. The molecule has 0 bridgehead atoms. The molecule has 0 radical (unpaired) electrons. The van der Waals surface area contributed by atoms with Crippen LogP contribution in [0.3, 0.4) is 0 Å². The van der Waals surface area contributed by atoms with Gasteiger partial charge in [-0.15, -0.1) is 0 Å². The fraction of sp³-hybridized carbons (Fsp3) is 0.253. The number of ketones is 3. The number of para-hydroxylation sites is 2. The quantitative estimate of drug-likeness (QED) is 0.0618. The van der Waals surface area contributed by atoms with E-state index in [1.165, 1.54) is 18.1 Å². The maximum absolute atomic E-state index is 13.1. The molecule has 7 heterocycles. The molecule has 2 aliphatic carbocycles. The van der Waals surface area contributed by atoms with Gasteiger partial charge in [-0.2, -0.15) is 5.26 Å². The lowest BCUT2D eigenvalue weighted by Gasteiger charge is -2.36. The Morgan fingerprint density at radius 3 is 1.93 bits per heavy atom. The summed E-state index contributed by atoms with van der Waals surface area (Å²) < 4.78 is 18.6. The predicted molar refractivity (Wildman–Crippen MR) is 480 cm³/mol. The van der Waals surface area contributed by atoms with Gasteiger partial charge in [0.15, 0.2) is 34.5 Å². The fourth-order valence-corrected chi connectivity index (χ4v) is 17.0. The van der Waals surface area contributed by atoms with Crippen molar-refractivity contribution in [3.05, 3.63) is 342 Å². The van der Waals surface area contributed by atoms with Crippen molar-refractivity contribution in [3.63, 3.8) is 0 Å². The molecule has 614 valence electrons. The Morgan fingerprint density at radius 2 is 1.29 bits per heavy atom. The number of carbonyl (C=O) groups is 5. The molecule has 10 aromatic rings. The number of likely N-dealkylation sites (tertiary alicyclic amines) is 1. The van der Waals surface area contributed by atoms with Crippen molar-refractivity contribution in [1.29, 1.82) is 5.26 Å². The van der Waals surface area contributed by atoms with E-state index >= 15 is 0 Å². The van der Waals surface area contributed by atoms with Gasteiger partial charge in [0, 0.05) is 146 Å². The lowest BCUT2D eigenvalue weighted by molar-refractivity contribution is -0.118. The SMILES string of the molecule is C=C1C=C(C)C(C#N)=C2N(CC(O)CNc3ccc(NC(C)=O)cc3)c3ccccc3N12.COc1ccc(NC(=O)N2CCC3(CC2)N=C(SCc2ccccc2)C(c2ccccc2)=N3)cc1OC.Cc1ccc(C(=O)c2cn(Cc3cccc(C)c3)c3nc(C)ccc3c2=O)cc1.Cc1ccc(C2C3=C(CCCC3=O)OC3=C2C(=O)CCC3)cc1. The highest BCUT2D eigenvalue weighted by Crippen LogP contribution is 2.50. The van der Waals surface area contributed by atoms with Crippen LogP contribution < -0.4 is 40.7 Å². The summed E-state index contributed by atoms with van der Waals surface area (Å²) in [6.07, 6.45) is 8.61. The van der Waals surface area contributed by atoms with Crippen molar-refractivity contribution in [2.45, 2.75) is 123 Å². The van der Waals surface area contributed by atoms with Crippen LogP contribution in [0.1, 0.15) is 132 Å². The average molecular weight is 1630 g/mol. The highest BCUT2D eigenvalue weighted by Gasteiger charge is 2.44. The number of allylic oxidation sites excluding steroid dienone is 7. The second kappa shape index (κ2) is 37.6. The Kier molecular flexibility index (Phi) is 26.1. The number of ether oxygens (including phenoxy) is 3. The molecule has 21 nitrogen and oxygen atoms in total. The van der Waals surface area contributed by atoms with Gasteiger partial charge in [-0.05, 0) is 136 Å². The number of methoxy groups -OCH3 is 2. The number of aliphatic hydroxyl groups is 1. The molecule has 121 heavy (non-hydrogen) atoms. The van der Waals surface area contributed by atoms with E-state index in [9.17, 15) is 39.1 Å². The van der Waals surface area contributed by atoms with E-state index in [1.54, 1.807) is 86.8 Å². The number of aryl methyl sites for hydroxylation is 4. The number of pyridine rings is 2. The van der Waals surface area contributed by atoms with Crippen LogP contribution in [0.5, 0.6) is 11.5 Å². The summed E-state index contributed by atoms with van der Waals surface area (Å²) in [6, 6.07) is 70.6. The van der Waals surface area contributed by atoms with E-state index in [-0.39, 0.29) is 46.2 Å². The first-order valence-corrected chi connectivity index (χ1v) is 41.7. The molecule has 7 aliphatic rings. The molecule has 0 saturated carbocycles. The van der Waals surface area contributed by atoms with Gasteiger partial charge in [0.1, 0.15) is 34.1 Å². The van der Waals surface area contributed by atoms with Crippen molar-refractivity contribution in [1.82, 2.24) is 14.5 Å². The number of anilines is 5. The van der Waals surface area contributed by atoms with Crippen LogP contribution >= 0.6 is 11.8 Å². The Labute approximate surface area is 709 Å². The van der Waals surface area contributed by atoms with E-state index in [0.29, 0.717) is 103 Å². The number of carbonyl (C=O) groups excluding carboxylic acids is 5. The number of piperidine rings is 1. The van der Waals surface area contributed by atoms with Gasteiger partial charge < -0.3 is 49.6 Å². The summed E-state index contributed by atoms with van der Waals surface area (Å²) in [5, 5.41) is 31.0. The molecule has 1 atom stereocenters. The molecular weight excluding hydrogens is 1540 g/mol. The molecule has 17 rings (SSSR count). The number of hydrogen-bond acceptors (Lipinski definition) is 18. The third-order valence-corrected chi connectivity index (χ3v) is 23.1. The minimum atomic E-state index is -0.704. The summed E-state index contributed by atoms with van der Waals surface area (Å²) in [7, 11) is 3.16. The van der Waals surface area contributed by atoms with Gasteiger partial charge in [0.2, 0.25) is 11.3 Å². The van der Waals surface area contributed by atoms with E-state index in [0.717, 1.165) is 133 Å². The van der Waals surface area contributed by atoms with Crippen molar-refractivity contribution >= 4 is 91.3 Å². The molecule has 1 spiro atoms. The van der Waals surface area contributed by atoms with E-state index < -0.39 is 11.8 Å². The van der Waals surface area contributed by atoms with Crippen LogP contribution in [0.4, 0.5) is 33.2 Å². The summed E-state index contributed by atoms with van der Waals surface area (Å²) in [6.45, 7) is 17.8. The zero-order valence-electron chi connectivity index (χ0n) is 69.2. The Morgan fingerprint density at radius 1 is 0.669 bits per heavy atom. The molecule has 5 aliphatic heterocycles. The highest BCUT2D eigenvalue weighted by atomic mass is 32.2. The van der Waals surface area contributed by atoms with Crippen LogP contribution in [0, 0.1) is 39.0 Å². The number of β-amino-alcohol motifs (C(OH)–C–C–N with tert-alkyl or cyclic N) is 1. The fourth-order valence-electron chi connectivity index (χ4n) is 16.0. The number of Topliss-reactive ketones (excluding diaryl/α,β-unsaturated/α-hetero) is 2. The monoisotopic (exact) mass is 1630 g/mol. The summed E-state index contributed by atoms with van der Waals surface area (Å²) >= 11 is 1.73. The molecule has 4 N–H and O–H groups in total. The number of nitrogens with zero attached hydrogens (tertiary/aromatic N) is 8. The number of benzene rings is 8. The molecule has 2 aromatic heterocycles. The largest absolute Gasteiger partial charge is 0.493 e. The number of nitriles is 1. The normalized spacial score (nSPS) is 15.9. The number of amides is 3. The van der Waals surface area contributed by atoms with Crippen LogP contribution in [-0.4, -0.2) is 112 Å². The van der Waals surface area contributed by atoms with Crippen molar-refractivity contribution in [2.24, 2.45) is 9.98 Å². The number of thioether (sulfide) groups is 1. The average Bonchev–Trinajstić information content (AvgIpc) is 1.63. The Hall–Kier alpha value is -13.5. The Balaban J connectivity index is 0.000000134. The summed E-state index contributed by atoms with van der Waals surface area (Å²) in [5.74, 6) is 4.03. The van der Waals surface area contributed by atoms with Crippen LogP contribution in [0.15, 0.2) is 291 Å². The third-order valence-electron chi connectivity index (χ3n) is 22.1. The van der Waals surface area contributed by atoms with Gasteiger partial charge in [-0.25, -0.2) is 14.8 Å². The number of fused-ring (bicyclic) bond motifs is 4. The second-order valence-corrected chi connectivity index (χ2v) is 32.0. The zero-order valence-corrected chi connectivity index (χ0v) is 70.0. The number of aromatic nitrogens is 2. The van der Waals surface area contributed by atoms with Gasteiger partial charge in [0.25, 0.3) is 0 Å². The van der Waals surface area contributed by atoms with Gasteiger partial charge in [-0.1, -0.05) is 181 Å². The number of urea groups is 1. The second-order valence-electron chi connectivity index (χ2n) is 31.0. The lowest BCUT2D eigenvalue weighted by Crippen LogP contribution is -2.46. The topological polar surface area (TPSA) is 262 Å². The summed E-state index contributed by atoms with van der Waals surface area (Å²) in [4.78, 5) is 96.3. The minimum Gasteiger partial charge on any atom is -0.493 e. The van der Waals surface area contributed by atoms with E-state index in [1.807, 2.05) is 175 Å². The van der Waals surface area contributed by atoms with Crippen molar-refractivity contribution in [3.8, 4) is 17.6 Å². The molecule has 1 saturated heterocycles. The van der Waals surface area contributed by atoms with Crippen LogP contribution in [-0.2, 0) is 31.4 Å².